The minimum absolute atomic E-state index is 0. The summed E-state index contributed by atoms with van der Waals surface area (Å²) in [5.74, 6) is -0.497. The Kier molecular flexibility index (Phi) is 7.59. The lowest BCUT2D eigenvalue weighted by molar-refractivity contribution is -0.117. The second kappa shape index (κ2) is 9.19. The predicted molar refractivity (Wildman–Crippen MR) is 88.2 cm³/mol. The van der Waals surface area contributed by atoms with Gasteiger partial charge in [0.25, 0.3) is 0 Å². The van der Waals surface area contributed by atoms with Crippen LogP contribution in [0.4, 0.5) is 5.69 Å². The first-order chi connectivity index (χ1) is 10.2. The maximum Gasteiger partial charge on any atom is 0.233 e. The number of nitrogens with two attached hydrogens (primary N) is 1. The quantitative estimate of drug-likeness (QED) is 0.811. The molecular weight excluding hydrogens is 304 g/mol. The number of hydrogen-bond donors (Lipinski definition) is 2. The predicted octanol–water partition coefficient (Wildman–Crippen LogP) is 1.63. The van der Waals surface area contributed by atoms with Gasteiger partial charge in [-0.3, -0.25) is 9.48 Å². The zero-order chi connectivity index (χ0) is 15.1. The average molecular weight is 325 g/mol. The number of anilines is 1. The molecule has 0 aliphatic rings. The molecule has 1 aromatic heterocycles. The topological polar surface area (TPSA) is 82.2 Å². The van der Waals surface area contributed by atoms with Crippen LogP contribution in [0, 0.1) is 0 Å². The van der Waals surface area contributed by atoms with Gasteiger partial charge in [-0.15, -0.1) is 12.4 Å². The number of aromatic nitrogens is 2. The van der Waals surface area contributed by atoms with Gasteiger partial charge >= 0.3 is 0 Å². The van der Waals surface area contributed by atoms with E-state index in [2.05, 4.69) is 10.4 Å². The van der Waals surface area contributed by atoms with Crippen LogP contribution in [0.5, 0.6) is 0 Å². The smallest absolute Gasteiger partial charge is 0.233 e. The Morgan fingerprint density at radius 1 is 1.41 bits per heavy atom. The molecule has 0 bridgehead atoms. The molecule has 2 aromatic rings. The van der Waals surface area contributed by atoms with Gasteiger partial charge in [0, 0.05) is 19.9 Å². The van der Waals surface area contributed by atoms with Crippen LogP contribution in [0.25, 0.3) is 0 Å². The van der Waals surface area contributed by atoms with Crippen molar-refractivity contribution in [2.75, 3.05) is 25.6 Å². The number of rotatable bonds is 7. The summed E-state index contributed by atoms with van der Waals surface area (Å²) in [6.07, 6.45) is 3.39. The van der Waals surface area contributed by atoms with E-state index in [4.69, 9.17) is 10.5 Å². The molecule has 1 amide bonds. The fourth-order valence-corrected chi connectivity index (χ4v) is 2.04. The number of benzene rings is 1. The third kappa shape index (κ3) is 4.84. The molecule has 1 aromatic carbocycles. The first kappa shape index (κ1) is 18.2. The monoisotopic (exact) mass is 324 g/mol. The largest absolute Gasteiger partial charge is 0.383 e. The maximum absolute atomic E-state index is 12.3. The minimum Gasteiger partial charge on any atom is -0.383 e. The summed E-state index contributed by atoms with van der Waals surface area (Å²) >= 11 is 0. The van der Waals surface area contributed by atoms with E-state index in [1.807, 2.05) is 30.3 Å². The van der Waals surface area contributed by atoms with Crippen molar-refractivity contribution in [2.45, 2.75) is 12.5 Å². The lowest BCUT2D eigenvalue weighted by Gasteiger charge is -2.14. The number of halogens is 1. The Bertz CT molecular complexity index is 574. The second-order valence-electron chi connectivity index (χ2n) is 4.67. The van der Waals surface area contributed by atoms with Crippen molar-refractivity contribution in [1.29, 1.82) is 0 Å². The molecule has 7 heteroatoms. The van der Waals surface area contributed by atoms with E-state index in [1.54, 1.807) is 24.2 Å². The van der Waals surface area contributed by atoms with Crippen LogP contribution >= 0.6 is 12.4 Å². The van der Waals surface area contributed by atoms with E-state index in [1.165, 1.54) is 0 Å². The Morgan fingerprint density at radius 3 is 2.77 bits per heavy atom. The Hall–Kier alpha value is -1.89. The molecule has 1 atom stereocenters. The molecule has 120 valence electrons. The zero-order valence-electron chi connectivity index (χ0n) is 12.4. The van der Waals surface area contributed by atoms with Crippen LogP contribution in [-0.2, 0) is 16.1 Å². The highest BCUT2D eigenvalue weighted by Gasteiger charge is 2.19. The summed E-state index contributed by atoms with van der Waals surface area (Å²) in [4.78, 5) is 12.3. The van der Waals surface area contributed by atoms with Gasteiger partial charge in [-0.1, -0.05) is 30.3 Å². The Balaban J connectivity index is 0.00000242. The van der Waals surface area contributed by atoms with Gasteiger partial charge in [-0.05, 0) is 5.56 Å². The van der Waals surface area contributed by atoms with Crippen molar-refractivity contribution in [1.82, 2.24) is 9.78 Å². The fourth-order valence-electron chi connectivity index (χ4n) is 2.04. The van der Waals surface area contributed by atoms with Crippen molar-refractivity contribution in [3.05, 3.63) is 48.3 Å². The summed E-state index contributed by atoms with van der Waals surface area (Å²) in [7, 11) is 1.64. The van der Waals surface area contributed by atoms with E-state index >= 15 is 0 Å². The fraction of sp³-hybridized carbons (Fsp3) is 0.333. The highest BCUT2D eigenvalue weighted by molar-refractivity contribution is 5.95. The summed E-state index contributed by atoms with van der Waals surface area (Å²) in [6.45, 7) is 1.48. The van der Waals surface area contributed by atoms with E-state index in [0.717, 1.165) is 5.56 Å². The number of hydrogen-bond acceptors (Lipinski definition) is 4. The molecule has 0 saturated carbocycles. The van der Waals surface area contributed by atoms with Crippen LogP contribution in [0.2, 0.25) is 0 Å². The van der Waals surface area contributed by atoms with Crippen molar-refractivity contribution in [3.63, 3.8) is 0 Å². The highest BCUT2D eigenvalue weighted by Crippen LogP contribution is 2.17. The molecule has 1 heterocycles. The minimum atomic E-state index is -0.367. The van der Waals surface area contributed by atoms with Gasteiger partial charge in [0.15, 0.2) is 0 Å². The number of nitrogens with one attached hydrogen (secondary N) is 1. The molecule has 1 unspecified atom stereocenters. The van der Waals surface area contributed by atoms with Crippen LogP contribution in [0.1, 0.15) is 11.5 Å². The van der Waals surface area contributed by atoms with Crippen molar-refractivity contribution < 1.29 is 9.53 Å². The number of ether oxygens (including phenoxy) is 1. The Morgan fingerprint density at radius 2 is 2.14 bits per heavy atom. The molecular formula is C15H21ClN4O2. The number of methoxy groups -OCH3 is 1. The highest BCUT2D eigenvalue weighted by atomic mass is 35.5. The summed E-state index contributed by atoms with van der Waals surface area (Å²) < 4.78 is 6.71. The maximum atomic E-state index is 12.3. The number of carbonyl (C=O) groups is 1. The van der Waals surface area contributed by atoms with Crippen LogP contribution in [0.15, 0.2) is 42.7 Å². The summed E-state index contributed by atoms with van der Waals surface area (Å²) in [6, 6.07) is 9.51. The van der Waals surface area contributed by atoms with E-state index in [0.29, 0.717) is 18.8 Å². The Labute approximate surface area is 136 Å². The molecule has 22 heavy (non-hydrogen) atoms. The summed E-state index contributed by atoms with van der Waals surface area (Å²) in [5.41, 5.74) is 7.30. The van der Waals surface area contributed by atoms with Gasteiger partial charge < -0.3 is 15.8 Å². The molecule has 2 rings (SSSR count). The second-order valence-corrected chi connectivity index (χ2v) is 4.67. The van der Waals surface area contributed by atoms with Gasteiger partial charge in [0.1, 0.15) is 0 Å². The molecule has 0 fully saturated rings. The first-order valence-corrected chi connectivity index (χ1v) is 6.82. The average Bonchev–Trinajstić information content (AvgIpc) is 2.94. The van der Waals surface area contributed by atoms with E-state index in [9.17, 15) is 4.79 Å². The number of carbonyl (C=O) groups excluding carboxylic acids is 1. The molecule has 0 aliphatic carbocycles. The third-order valence-electron chi connectivity index (χ3n) is 3.18. The van der Waals surface area contributed by atoms with Crippen LogP contribution in [0.3, 0.4) is 0 Å². The third-order valence-corrected chi connectivity index (χ3v) is 3.18. The number of nitrogens with zero attached hydrogens (tertiary/aromatic N) is 2. The van der Waals surface area contributed by atoms with Crippen molar-refractivity contribution in [2.24, 2.45) is 5.73 Å². The lowest BCUT2D eigenvalue weighted by atomic mass is 9.98. The normalized spacial score (nSPS) is 11.5. The summed E-state index contributed by atoms with van der Waals surface area (Å²) in [5, 5.41) is 7.00. The molecule has 0 saturated heterocycles. The van der Waals surface area contributed by atoms with E-state index in [-0.39, 0.29) is 30.8 Å². The first-order valence-electron chi connectivity index (χ1n) is 6.82. The molecule has 0 aliphatic heterocycles. The van der Waals surface area contributed by atoms with Gasteiger partial charge in [0.05, 0.1) is 31.0 Å². The standard InChI is InChI=1S/C15H20N4O2.ClH/c1-21-8-7-19-11-13(10-17-19)18-15(20)14(9-16)12-5-3-2-4-6-12;/h2-6,10-11,14H,7-9,16H2,1H3,(H,18,20);1H. The molecule has 3 N–H and O–H groups in total. The number of amides is 1. The van der Waals surface area contributed by atoms with Crippen molar-refractivity contribution >= 4 is 24.0 Å². The molecule has 0 spiro atoms. The zero-order valence-corrected chi connectivity index (χ0v) is 13.3. The SMILES string of the molecule is COCCn1cc(NC(=O)C(CN)c2ccccc2)cn1.Cl. The van der Waals surface area contributed by atoms with Crippen LogP contribution < -0.4 is 11.1 Å². The van der Waals surface area contributed by atoms with Gasteiger partial charge in [0.2, 0.25) is 5.91 Å². The van der Waals surface area contributed by atoms with Gasteiger partial charge in [-0.2, -0.15) is 5.10 Å². The van der Waals surface area contributed by atoms with Crippen LogP contribution in [-0.4, -0.2) is 35.9 Å². The van der Waals surface area contributed by atoms with Crippen molar-refractivity contribution in [3.8, 4) is 0 Å². The molecule has 6 nitrogen and oxygen atoms in total. The van der Waals surface area contributed by atoms with E-state index < -0.39 is 0 Å². The lowest BCUT2D eigenvalue weighted by Crippen LogP contribution is -2.27. The van der Waals surface area contributed by atoms with Gasteiger partial charge in [-0.25, -0.2) is 0 Å². The molecule has 0 radical (unpaired) electrons.